The number of aliphatic hydroxyl groups is 1. The van der Waals surface area contributed by atoms with Gasteiger partial charge in [-0.25, -0.2) is 0 Å². The molecule has 0 aliphatic carbocycles. The van der Waals surface area contributed by atoms with Gasteiger partial charge in [0.2, 0.25) is 0 Å². The molecule has 2 aliphatic heterocycles. The quantitative estimate of drug-likeness (QED) is 0.447. The lowest BCUT2D eigenvalue weighted by Crippen LogP contribution is -2.56. The summed E-state index contributed by atoms with van der Waals surface area (Å²) in [7, 11) is 1.84. The van der Waals surface area contributed by atoms with E-state index in [0.29, 0.717) is 5.76 Å². The van der Waals surface area contributed by atoms with Gasteiger partial charge in [0.15, 0.2) is 5.76 Å². The molecule has 2 aromatic carbocycles. The van der Waals surface area contributed by atoms with Gasteiger partial charge in [0.05, 0.1) is 23.9 Å². The normalized spacial score (nSPS) is 23.0. The first-order valence-electron chi connectivity index (χ1n) is 12.4. The van der Waals surface area contributed by atoms with Gasteiger partial charge >= 0.3 is 0 Å². The first kappa shape index (κ1) is 22.1. The minimum Gasteiger partial charge on any atom is -0.459 e. The smallest absolute Gasteiger partial charge is 0.289 e. The van der Waals surface area contributed by atoms with Gasteiger partial charge in [-0.3, -0.25) is 9.69 Å². The number of H-pyrrole nitrogens is 1. The van der Waals surface area contributed by atoms with Crippen LogP contribution in [-0.4, -0.2) is 58.1 Å². The number of aliphatic hydroxyl groups excluding tert-OH is 1. The Morgan fingerprint density at radius 3 is 2.71 bits per heavy atom. The predicted octanol–water partition coefficient (Wildman–Crippen LogP) is 4.87. The van der Waals surface area contributed by atoms with E-state index in [1.807, 2.05) is 20.0 Å². The van der Waals surface area contributed by atoms with Crippen LogP contribution in [0.25, 0.3) is 22.0 Å². The number of aromatic amines is 1. The molecule has 4 atom stereocenters. The van der Waals surface area contributed by atoms with Crippen LogP contribution in [0.4, 0.5) is 0 Å². The number of hydrogen-bond acceptors (Lipinski definition) is 4. The third-order valence-corrected chi connectivity index (χ3v) is 8.06. The minimum atomic E-state index is -0.512. The van der Waals surface area contributed by atoms with Crippen LogP contribution >= 0.6 is 0 Å². The number of nitrogens with one attached hydrogen (secondary N) is 1. The van der Waals surface area contributed by atoms with Crippen LogP contribution in [-0.2, 0) is 6.42 Å². The summed E-state index contributed by atoms with van der Waals surface area (Å²) in [5.41, 5.74) is 6.23. The molecular weight excluding hydrogens is 438 g/mol. The number of carbonyl (C=O) groups excluding carboxylic acids is 1. The Kier molecular flexibility index (Phi) is 5.50. The molecule has 35 heavy (non-hydrogen) atoms. The van der Waals surface area contributed by atoms with Crippen molar-refractivity contribution in [2.45, 2.75) is 38.0 Å². The molecule has 6 nitrogen and oxygen atoms in total. The van der Waals surface area contributed by atoms with Gasteiger partial charge in [0, 0.05) is 48.7 Å². The van der Waals surface area contributed by atoms with Crippen molar-refractivity contribution in [3.8, 4) is 11.1 Å². The van der Waals surface area contributed by atoms with Crippen LogP contribution in [0.15, 0.2) is 71.3 Å². The SMILES string of the molecule is C[C@H](O)[C@@H]1CN2CCc3c([nH]c4c(-c5ccccc5)cccc34)[C@@H]2C[C@@H]1N(C)C(=O)c1ccco1. The average Bonchev–Trinajstić information content (AvgIpc) is 3.56. The number of carbonyl (C=O) groups is 1. The second-order valence-electron chi connectivity index (χ2n) is 9.97. The summed E-state index contributed by atoms with van der Waals surface area (Å²) in [5.74, 6) is 0.167. The molecular formula is C29H31N3O3. The van der Waals surface area contributed by atoms with Crippen molar-refractivity contribution in [1.82, 2.24) is 14.8 Å². The van der Waals surface area contributed by atoms with Gasteiger partial charge in [-0.2, -0.15) is 0 Å². The summed E-state index contributed by atoms with van der Waals surface area (Å²) in [6.07, 6.45) is 2.75. The van der Waals surface area contributed by atoms with E-state index < -0.39 is 6.10 Å². The number of benzene rings is 2. The number of rotatable bonds is 4. The van der Waals surface area contributed by atoms with E-state index in [0.717, 1.165) is 25.9 Å². The molecule has 2 aromatic heterocycles. The molecule has 6 rings (SSSR count). The van der Waals surface area contributed by atoms with Gasteiger partial charge in [0.1, 0.15) is 0 Å². The van der Waals surface area contributed by atoms with Crippen molar-refractivity contribution in [3.05, 3.63) is 83.9 Å². The number of amides is 1. The Labute approximate surface area is 205 Å². The fourth-order valence-electron chi connectivity index (χ4n) is 6.23. The average molecular weight is 470 g/mol. The molecule has 0 spiro atoms. The predicted molar refractivity (Wildman–Crippen MR) is 136 cm³/mol. The van der Waals surface area contributed by atoms with Crippen molar-refractivity contribution >= 4 is 16.8 Å². The summed E-state index contributed by atoms with van der Waals surface area (Å²) >= 11 is 0. The van der Waals surface area contributed by atoms with Gasteiger partial charge in [-0.1, -0.05) is 48.5 Å². The van der Waals surface area contributed by atoms with Gasteiger partial charge in [-0.05, 0) is 43.0 Å². The molecule has 2 N–H and O–H groups in total. The number of hydrogen-bond donors (Lipinski definition) is 2. The van der Waals surface area contributed by atoms with Crippen LogP contribution in [0.3, 0.4) is 0 Å². The van der Waals surface area contributed by atoms with Gasteiger partial charge in [-0.15, -0.1) is 0 Å². The Bertz CT molecular complexity index is 1340. The number of nitrogens with zero attached hydrogens (tertiary/aromatic N) is 2. The van der Waals surface area contributed by atoms with Crippen molar-refractivity contribution in [2.24, 2.45) is 5.92 Å². The van der Waals surface area contributed by atoms with E-state index in [1.54, 1.807) is 17.0 Å². The molecule has 4 heterocycles. The third kappa shape index (κ3) is 3.68. The maximum Gasteiger partial charge on any atom is 0.289 e. The molecule has 180 valence electrons. The monoisotopic (exact) mass is 469 g/mol. The summed E-state index contributed by atoms with van der Waals surface area (Å²) in [6, 6.07) is 20.6. The summed E-state index contributed by atoms with van der Waals surface area (Å²) in [5, 5.41) is 12.0. The van der Waals surface area contributed by atoms with Crippen LogP contribution in [0.5, 0.6) is 0 Å². The largest absolute Gasteiger partial charge is 0.459 e. The van der Waals surface area contributed by atoms with Crippen molar-refractivity contribution in [3.63, 3.8) is 0 Å². The van der Waals surface area contributed by atoms with Gasteiger partial charge in [0.25, 0.3) is 5.91 Å². The standard InChI is InChI=1S/C29H31N3O3/c1-18(33)23-17-32-14-13-22-21-11-6-10-20(19-8-4-3-5-9-19)27(21)30-28(22)25(32)16-24(23)31(2)29(34)26-12-7-15-35-26/h3-12,15,18,23-25,30,33H,13-14,16-17H2,1-2H3/t18-,23-,24-,25-/m0/s1. The summed E-state index contributed by atoms with van der Waals surface area (Å²) < 4.78 is 5.39. The van der Waals surface area contributed by atoms with E-state index in [9.17, 15) is 9.90 Å². The number of aromatic nitrogens is 1. The van der Waals surface area contributed by atoms with Gasteiger partial charge < -0.3 is 19.4 Å². The topological polar surface area (TPSA) is 72.7 Å². The van der Waals surface area contributed by atoms with E-state index >= 15 is 0 Å². The molecule has 6 heteroatoms. The Balaban J connectivity index is 1.39. The highest BCUT2D eigenvalue weighted by Gasteiger charge is 2.44. The second-order valence-corrected chi connectivity index (χ2v) is 9.97. The number of fused-ring (bicyclic) bond motifs is 5. The van der Waals surface area contributed by atoms with Crippen LogP contribution in [0, 0.1) is 5.92 Å². The molecule has 2 aliphatic rings. The minimum absolute atomic E-state index is 0.0269. The summed E-state index contributed by atoms with van der Waals surface area (Å²) in [6.45, 7) is 3.54. The highest BCUT2D eigenvalue weighted by Crippen LogP contribution is 2.44. The van der Waals surface area contributed by atoms with E-state index in [4.69, 9.17) is 4.42 Å². The first-order chi connectivity index (χ1) is 17.0. The van der Waals surface area contributed by atoms with Crippen molar-refractivity contribution in [2.75, 3.05) is 20.1 Å². The fourth-order valence-corrected chi connectivity index (χ4v) is 6.23. The highest BCUT2D eigenvalue weighted by atomic mass is 16.3. The van der Waals surface area contributed by atoms with E-state index in [2.05, 4.69) is 52.3 Å². The zero-order valence-electron chi connectivity index (χ0n) is 20.1. The third-order valence-electron chi connectivity index (χ3n) is 8.06. The van der Waals surface area contributed by atoms with Crippen LogP contribution < -0.4 is 0 Å². The van der Waals surface area contributed by atoms with Crippen LogP contribution in [0.1, 0.15) is 41.2 Å². The van der Waals surface area contributed by atoms with E-state index in [1.165, 1.54) is 39.6 Å². The molecule has 1 amide bonds. The maximum atomic E-state index is 13.2. The van der Waals surface area contributed by atoms with Crippen molar-refractivity contribution in [1.29, 1.82) is 0 Å². The number of furan rings is 1. The molecule has 4 aromatic rings. The Morgan fingerprint density at radius 2 is 1.97 bits per heavy atom. The molecule has 1 fully saturated rings. The Hall–Kier alpha value is -3.35. The highest BCUT2D eigenvalue weighted by molar-refractivity contribution is 5.97. The zero-order chi connectivity index (χ0) is 24.1. The second kappa shape index (κ2) is 8.70. The van der Waals surface area contributed by atoms with Crippen LogP contribution in [0.2, 0.25) is 0 Å². The maximum absolute atomic E-state index is 13.2. The Morgan fingerprint density at radius 1 is 1.14 bits per heavy atom. The lowest BCUT2D eigenvalue weighted by atomic mass is 9.80. The fraction of sp³-hybridized carbons (Fsp3) is 0.345. The molecule has 0 bridgehead atoms. The first-order valence-corrected chi connectivity index (χ1v) is 12.4. The van der Waals surface area contributed by atoms with E-state index in [-0.39, 0.29) is 23.9 Å². The lowest BCUT2D eigenvalue weighted by molar-refractivity contribution is -0.0245. The molecule has 1 saturated heterocycles. The number of para-hydroxylation sites is 1. The summed E-state index contributed by atoms with van der Waals surface area (Å²) in [4.78, 5) is 21.2. The molecule has 0 unspecified atom stereocenters. The lowest BCUT2D eigenvalue weighted by Gasteiger charge is -2.49. The van der Waals surface area contributed by atoms with Crippen molar-refractivity contribution < 1.29 is 14.3 Å². The molecule has 0 saturated carbocycles. The molecule has 0 radical (unpaired) electrons. The zero-order valence-corrected chi connectivity index (χ0v) is 20.1. The number of piperidine rings is 1.